The molecule has 2 heterocycles. The fourth-order valence-electron chi connectivity index (χ4n) is 2.34. The first-order chi connectivity index (χ1) is 7.65. The Bertz CT molecular complexity index is 340. The maximum atomic E-state index is 3.50. The summed E-state index contributed by atoms with van der Waals surface area (Å²) in [5, 5.41) is 2.16. The third kappa shape index (κ3) is 3.29. The van der Waals surface area contributed by atoms with Crippen LogP contribution in [-0.4, -0.2) is 43.0 Å². The molecule has 1 fully saturated rings. The van der Waals surface area contributed by atoms with Crippen LogP contribution in [0.4, 0.5) is 0 Å². The largest absolute Gasteiger partial charge is 0.302 e. The number of nitrogens with zero attached hydrogens (tertiary/aromatic N) is 2. The van der Waals surface area contributed by atoms with E-state index < -0.39 is 0 Å². The molecular formula is C12H19BrN2S. The molecule has 1 aliphatic rings. The summed E-state index contributed by atoms with van der Waals surface area (Å²) in [6.07, 6.45) is 2.72. The minimum atomic E-state index is 0.758. The molecule has 0 aliphatic carbocycles. The van der Waals surface area contributed by atoms with Crippen molar-refractivity contribution in [2.45, 2.75) is 25.4 Å². The maximum Gasteiger partial charge on any atom is 0.0325 e. The highest BCUT2D eigenvalue weighted by atomic mass is 79.9. The van der Waals surface area contributed by atoms with Crippen LogP contribution in [0.1, 0.15) is 17.7 Å². The standard InChI is InChI=1S/C12H19BrN2S/c1-14(7-11-4-3-5-15(11)2)8-12-6-10(13)9-16-12/h6,9,11H,3-5,7-8H2,1-2H3. The lowest BCUT2D eigenvalue weighted by Crippen LogP contribution is -2.36. The van der Waals surface area contributed by atoms with Crippen molar-refractivity contribution in [3.05, 3.63) is 20.8 Å². The van der Waals surface area contributed by atoms with Crippen molar-refractivity contribution in [1.29, 1.82) is 0 Å². The van der Waals surface area contributed by atoms with E-state index in [9.17, 15) is 0 Å². The molecule has 0 saturated carbocycles. The first-order valence-electron chi connectivity index (χ1n) is 5.77. The Morgan fingerprint density at radius 2 is 2.44 bits per heavy atom. The molecule has 1 unspecified atom stereocenters. The van der Waals surface area contributed by atoms with Gasteiger partial charge in [-0.1, -0.05) is 0 Å². The van der Waals surface area contributed by atoms with Crippen molar-refractivity contribution in [1.82, 2.24) is 9.80 Å². The highest BCUT2D eigenvalue weighted by Gasteiger charge is 2.21. The Morgan fingerprint density at radius 1 is 1.62 bits per heavy atom. The van der Waals surface area contributed by atoms with E-state index >= 15 is 0 Å². The van der Waals surface area contributed by atoms with Crippen LogP contribution in [0.15, 0.2) is 15.9 Å². The number of hydrogen-bond donors (Lipinski definition) is 0. The summed E-state index contributed by atoms with van der Waals surface area (Å²) in [5.41, 5.74) is 0. The summed E-state index contributed by atoms with van der Waals surface area (Å²) in [5.74, 6) is 0. The molecule has 0 bridgehead atoms. The van der Waals surface area contributed by atoms with Crippen LogP contribution in [0.25, 0.3) is 0 Å². The zero-order chi connectivity index (χ0) is 11.5. The van der Waals surface area contributed by atoms with Gasteiger partial charge in [0.25, 0.3) is 0 Å². The smallest absolute Gasteiger partial charge is 0.0325 e. The van der Waals surface area contributed by atoms with Crippen molar-refractivity contribution < 1.29 is 0 Å². The van der Waals surface area contributed by atoms with Gasteiger partial charge in [-0.25, -0.2) is 0 Å². The van der Waals surface area contributed by atoms with Gasteiger partial charge in [-0.2, -0.15) is 0 Å². The SMILES string of the molecule is CN(Cc1cc(Br)cs1)CC1CCCN1C. The molecule has 0 amide bonds. The van der Waals surface area contributed by atoms with Crippen molar-refractivity contribution in [3.63, 3.8) is 0 Å². The van der Waals surface area contributed by atoms with Crippen LogP contribution in [0, 0.1) is 0 Å². The van der Waals surface area contributed by atoms with Gasteiger partial charge in [0.1, 0.15) is 0 Å². The fourth-order valence-corrected chi connectivity index (χ4v) is 3.87. The van der Waals surface area contributed by atoms with Crippen LogP contribution in [0.5, 0.6) is 0 Å². The molecule has 1 atom stereocenters. The highest BCUT2D eigenvalue weighted by molar-refractivity contribution is 9.10. The zero-order valence-electron chi connectivity index (χ0n) is 9.95. The molecule has 4 heteroatoms. The predicted molar refractivity (Wildman–Crippen MR) is 74.0 cm³/mol. The number of thiophene rings is 1. The van der Waals surface area contributed by atoms with Crippen molar-refractivity contribution in [3.8, 4) is 0 Å². The Labute approximate surface area is 110 Å². The molecule has 1 aromatic heterocycles. The molecule has 16 heavy (non-hydrogen) atoms. The second-order valence-electron chi connectivity index (χ2n) is 4.70. The van der Waals surface area contributed by atoms with Gasteiger partial charge in [0, 0.05) is 33.9 Å². The molecular weight excluding hydrogens is 284 g/mol. The molecule has 2 nitrogen and oxygen atoms in total. The topological polar surface area (TPSA) is 6.48 Å². The van der Waals surface area contributed by atoms with Crippen LogP contribution in [-0.2, 0) is 6.54 Å². The second-order valence-corrected chi connectivity index (χ2v) is 6.62. The summed E-state index contributed by atoms with van der Waals surface area (Å²) < 4.78 is 1.21. The Morgan fingerprint density at radius 3 is 3.00 bits per heavy atom. The lowest BCUT2D eigenvalue weighted by atomic mass is 10.2. The van der Waals surface area contributed by atoms with E-state index in [1.807, 2.05) is 11.3 Å². The Balaban J connectivity index is 1.82. The van der Waals surface area contributed by atoms with Gasteiger partial charge in [-0.05, 0) is 55.5 Å². The summed E-state index contributed by atoms with van der Waals surface area (Å²) in [6.45, 7) is 3.52. The minimum absolute atomic E-state index is 0.758. The van der Waals surface area contributed by atoms with Gasteiger partial charge < -0.3 is 4.90 Å². The van der Waals surface area contributed by atoms with Crippen LogP contribution in [0.2, 0.25) is 0 Å². The first-order valence-corrected chi connectivity index (χ1v) is 7.44. The average Bonchev–Trinajstić information content (AvgIpc) is 2.77. The minimum Gasteiger partial charge on any atom is -0.302 e. The lowest BCUT2D eigenvalue weighted by molar-refractivity contribution is 0.216. The van der Waals surface area contributed by atoms with E-state index in [-0.39, 0.29) is 0 Å². The van der Waals surface area contributed by atoms with E-state index in [0.29, 0.717) is 0 Å². The lowest BCUT2D eigenvalue weighted by Gasteiger charge is -2.25. The van der Waals surface area contributed by atoms with E-state index in [4.69, 9.17) is 0 Å². The van der Waals surface area contributed by atoms with Crippen molar-refractivity contribution >= 4 is 27.3 Å². The fraction of sp³-hybridized carbons (Fsp3) is 0.667. The Kier molecular flexibility index (Phi) is 4.41. The van der Waals surface area contributed by atoms with Crippen LogP contribution in [0.3, 0.4) is 0 Å². The van der Waals surface area contributed by atoms with Gasteiger partial charge in [-0.3, -0.25) is 4.90 Å². The number of rotatable bonds is 4. The predicted octanol–water partition coefficient (Wildman–Crippen LogP) is 3.04. The van der Waals surface area contributed by atoms with E-state index in [2.05, 4.69) is 51.3 Å². The molecule has 0 spiro atoms. The Hall–Kier alpha value is 0.1000. The number of likely N-dealkylation sites (tertiary alicyclic amines) is 1. The second kappa shape index (κ2) is 5.63. The maximum absolute atomic E-state index is 3.50. The molecule has 1 aliphatic heterocycles. The first kappa shape index (κ1) is 12.6. The van der Waals surface area contributed by atoms with Crippen LogP contribution >= 0.6 is 27.3 Å². The van der Waals surface area contributed by atoms with E-state index in [0.717, 1.165) is 12.6 Å². The monoisotopic (exact) mass is 302 g/mol. The quantitative estimate of drug-likeness (QED) is 0.843. The molecule has 1 saturated heterocycles. The van der Waals surface area contributed by atoms with E-state index in [1.165, 1.54) is 35.3 Å². The summed E-state index contributed by atoms with van der Waals surface area (Å²) in [6, 6.07) is 2.98. The van der Waals surface area contributed by atoms with Gasteiger partial charge in [-0.15, -0.1) is 11.3 Å². The number of halogens is 1. The highest BCUT2D eigenvalue weighted by Crippen LogP contribution is 2.22. The normalized spacial score (nSPS) is 22.1. The molecule has 0 N–H and O–H groups in total. The molecule has 2 rings (SSSR count). The van der Waals surface area contributed by atoms with Gasteiger partial charge in [0.05, 0.1) is 0 Å². The average molecular weight is 303 g/mol. The van der Waals surface area contributed by atoms with Gasteiger partial charge >= 0.3 is 0 Å². The summed E-state index contributed by atoms with van der Waals surface area (Å²) >= 11 is 5.34. The molecule has 0 radical (unpaired) electrons. The van der Waals surface area contributed by atoms with Crippen molar-refractivity contribution in [2.75, 3.05) is 27.2 Å². The van der Waals surface area contributed by atoms with E-state index in [1.54, 1.807) is 0 Å². The zero-order valence-corrected chi connectivity index (χ0v) is 12.4. The molecule has 0 aromatic carbocycles. The molecule has 90 valence electrons. The molecule has 1 aromatic rings. The number of hydrogen-bond acceptors (Lipinski definition) is 3. The summed E-state index contributed by atoms with van der Waals surface area (Å²) in [7, 11) is 4.47. The summed E-state index contributed by atoms with van der Waals surface area (Å²) in [4.78, 5) is 6.36. The van der Waals surface area contributed by atoms with Crippen LogP contribution < -0.4 is 0 Å². The van der Waals surface area contributed by atoms with Crippen molar-refractivity contribution in [2.24, 2.45) is 0 Å². The third-order valence-corrected chi connectivity index (χ3v) is 4.92. The number of likely N-dealkylation sites (N-methyl/N-ethyl adjacent to an activating group) is 2. The van der Waals surface area contributed by atoms with Gasteiger partial charge in [0.2, 0.25) is 0 Å². The third-order valence-electron chi connectivity index (χ3n) is 3.24. The van der Waals surface area contributed by atoms with Gasteiger partial charge in [0.15, 0.2) is 0 Å².